The van der Waals surface area contributed by atoms with Crippen molar-refractivity contribution in [2.45, 2.75) is 20.8 Å². The fourth-order valence-corrected chi connectivity index (χ4v) is 4.30. The van der Waals surface area contributed by atoms with Gasteiger partial charge in [0.1, 0.15) is 17.5 Å². The third kappa shape index (κ3) is 4.38. The molecule has 5 aromatic heterocycles. The van der Waals surface area contributed by atoms with Crippen molar-refractivity contribution in [3.63, 3.8) is 0 Å². The summed E-state index contributed by atoms with van der Waals surface area (Å²) >= 11 is 1.11. The highest BCUT2D eigenvalue weighted by atomic mass is 32.1. The molecule has 8 heteroatoms. The summed E-state index contributed by atoms with van der Waals surface area (Å²) < 4.78 is 13.7. The number of aryl methyl sites for hydroxylation is 1. The van der Waals surface area contributed by atoms with E-state index in [1.54, 1.807) is 24.5 Å². The molecule has 0 atom stereocenters. The van der Waals surface area contributed by atoms with Crippen molar-refractivity contribution >= 4 is 27.9 Å². The summed E-state index contributed by atoms with van der Waals surface area (Å²) in [6.07, 6.45) is 8.54. The first kappa shape index (κ1) is 22.3. The van der Waals surface area contributed by atoms with Crippen molar-refractivity contribution in [3.8, 4) is 22.6 Å². The van der Waals surface area contributed by atoms with Gasteiger partial charge in [-0.3, -0.25) is 5.10 Å². The Morgan fingerprint density at radius 2 is 1.91 bits per heavy atom. The van der Waals surface area contributed by atoms with E-state index in [2.05, 4.69) is 31.7 Å². The number of halogens is 1. The van der Waals surface area contributed by atoms with Crippen molar-refractivity contribution in [3.05, 3.63) is 89.0 Å². The minimum Gasteiger partial charge on any atom is -0.357 e. The van der Waals surface area contributed by atoms with Crippen LogP contribution in [0.25, 0.3) is 39.3 Å². The number of aromatic nitrogens is 6. The molecule has 2 N–H and O–H groups in total. The Kier molecular flexibility index (Phi) is 6.55. The van der Waals surface area contributed by atoms with Gasteiger partial charge in [-0.15, -0.1) is 11.3 Å². The highest BCUT2D eigenvalue weighted by Crippen LogP contribution is 2.35. The van der Waals surface area contributed by atoms with Crippen molar-refractivity contribution in [2.75, 3.05) is 0 Å². The van der Waals surface area contributed by atoms with Crippen LogP contribution in [0.4, 0.5) is 4.39 Å². The Morgan fingerprint density at radius 3 is 2.61 bits per heavy atom. The third-order valence-corrected chi connectivity index (χ3v) is 5.85. The van der Waals surface area contributed by atoms with E-state index in [4.69, 9.17) is 4.98 Å². The average molecular weight is 459 g/mol. The standard InChI is InChI=1S/C23H17FN6S.C2H6/c1-3-4-15(20-7-8-21(24)31-20)16-9-19(27-13(16)2)23-22-18(29-30-23)6-5-17(28-22)14-10-25-12-26-11-14;1-2/h3-12,27H,1H2,2H3,(H,29,30);1-2H3/b15-4+;. The van der Waals surface area contributed by atoms with E-state index >= 15 is 0 Å². The molecule has 0 bridgehead atoms. The van der Waals surface area contributed by atoms with Crippen molar-refractivity contribution in [1.82, 2.24) is 30.1 Å². The van der Waals surface area contributed by atoms with Crippen LogP contribution in [0.5, 0.6) is 0 Å². The molecule has 0 amide bonds. The molecule has 0 aliphatic rings. The maximum atomic E-state index is 13.7. The first-order chi connectivity index (χ1) is 16.1. The summed E-state index contributed by atoms with van der Waals surface area (Å²) in [7, 11) is 0. The molecule has 0 saturated heterocycles. The Bertz CT molecular complexity index is 1430. The molecular weight excluding hydrogens is 435 g/mol. The molecule has 33 heavy (non-hydrogen) atoms. The highest BCUT2D eigenvalue weighted by molar-refractivity contribution is 7.11. The van der Waals surface area contributed by atoms with Crippen LogP contribution in [-0.4, -0.2) is 30.1 Å². The first-order valence-electron chi connectivity index (χ1n) is 10.5. The van der Waals surface area contributed by atoms with Gasteiger partial charge in [-0.2, -0.15) is 9.49 Å². The summed E-state index contributed by atoms with van der Waals surface area (Å²) in [6, 6.07) is 9.11. The van der Waals surface area contributed by atoms with E-state index in [9.17, 15) is 4.39 Å². The molecule has 6 nitrogen and oxygen atoms in total. The van der Waals surface area contributed by atoms with E-state index in [1.807, 2.05) is 45.0 Å². The van der Waals surface area contributed by atoms with Gasteiger partial charge < -0.3 is 4.98 Å². The van der Waals surface area contributed by atoms with Crippen LogP contribution < -0.4 is 0 Å². The average Bonchev–Trinajstić information content (AvgIpc) is 3.57. The molecule has 0 fully saturated rings. The quantitative estimate of drug-likeness (QED) is 0.292. The number of aromatic amines is 2. The lowest BCUT2D eigenvalue weighted by atomic mass is 10.0. The van der Waals surface area contributed by atoms with Gasteiger partial charge in [0.05, 0.1) is 16.9 Å². The molecule has 5 rings (SSSR count). The molecule has 0 aromatic carbocycles. The summed E-state index contributed by atoms with van der Waals surface area (Å²) in [4.78, 5) is 17.2. The summed E-state index contributed by atoms with van der Waals surface area (Å²) in [6.45, 7) is 9.79. The zero-order chi connectivity index (χ0) is 23.4. The molecule has 5 heterocycles. The van der Waals surface area contributed by atoms with Crippen LogP contribution in [0.1, 0.15) is 30.0 Å². The topological polar surface area (TPSA) is 83.1 Å². The molecule has 5 aromatic rings. The number of thiophene rings is 1. The number of rotatable bonds is 5. The predicted molar refractivity (Wildman–Crippen MR) is 132 cm³/mol. The van der Waals surface area contributed by atoms with Crippen molar-refractivity contribution in [2.24, 2.45) is 0 Å². The Labute approximate surface area is 195 Å². The zero-order valence-electron chi connectivity index (χ0n) is 18.6. The van der Waals surface area contributed by atoms with Gasteiger partial charge in [-0.1, -0.05) is 32.6 Å². The smallest absolute Gasteiger partial charge is 0.176 e. The van der Waals surface area contributed by atoms with Crippen LogP contribution in [0.15, 0.2) is 67.8 Å². The normalized spacial score (nSPS) is 11.3. The van der Waals surface area contributed by atoms with E-state index in [1.165, 1.54) is 12.4 Å². The largest absolute Gasteiger partial charge is 0.357 e. The second-order valence-electron chi connectivity index (χ2n) is 6.93. The van der Waals surface area contributed by atoms with Gasteiger partial charge in [-0.05, 0) is 37.3 Å². The van der Waals surface area contributed by atoms with Gasteiger partial charge in [0, 0.05) is 39.7 Å². The van der Waals surface area contributed by atoms with Gasteiger partial charge in [0.25, 0.3) is 0 Å². The molecule has 0 radical (unpaired) electrons. The molecule has 0 saturated carbocycles. The Morgan fingerprint density at radius 1 is 1.12 bits per heavy atom. The number of H-pyrrole nitrogens is 2. The molecule has 0 unspecified atom stereocenters. The van der Waals surface area contributed by atoms with Gasteiger partial charge in [-0.25, -0.2) is 15.0 Å². The minimum atomic E-state index is -0.224. The van der Waals surface area contributed by atoms with E-state index < -0.39 is 0 Å². The maximum absolute atomic E-state index is 13.7. The Balaban J connectivity index is 0.00000126. The molecular formula is C25H23FN6S. The molecule has 0 aliphatic carbocycles. The van der Waals surface area contributed by atoms with Gasteiger partial charge in [0.2, 0.25) is 0 Å². The van der Waals surface area contributed by atoms with Crippen LogP contribution in [0.3, 0.4) is 0 Å². The second kappa shape index (κ2) is 9.70. The monoisotopic (exact) mass is 458 g/mol. The minimum absolute atomic E-state index is 0.224. The SMILES string of the molecule is C=C/C=C(/c1ccc(F)s1)c1cc(-c2n[nH]c3ccc(-c4cncnc4)nc23)[nH]c1C.CC. The lowest BCUT2D eigenvalue weighted by molar-refractivity contribution is 0.657. The zero-order valence-corrected chi connectivity index (χ0v) is 19.4. The fourth-order valence-electron chi connectivity index (χ4n) is 3.53. The van der Waals surface area contributed by atoms with E-state index in [0.717, 1.165) is 61.0 Å². The van der Waals surface area contributed by atoms with E-state index in [0.29, 0.717) is 5.69 Å². The van der Waals surface area contributed by atoms with Crippen LogP contribution in [-0.2, 0) is 0 Å². The molecule has 0 aliphatic heterocycles. The summed E-state index contributed by atoms with van der Waals surface area (Å²) in [5, 5.41) is 7.31. The van der Waals surface area contributed by atoms with Crippen LogP contribution in [0.2, 0.25) is 0 Å². The van der Waals surface area contributed by atoms with Gasteiger partial charge >= 0.3 is 0 Å². The van der Waals surface area contributed by atoms with Crippen LogP contribution in [0, 0.1) is 12.1 Å². The van der Waals surface area contributed by atoms with Crippen molar-refractivity contribution < 1.29 is 4.39 Å². The van der Waals surface area contributed by atoms with Crippen molar-refractivity contribution in [1.29, 1.82) is 0 Å². The number of allylic oxidation sites excluding steroid dienone is 2. The lowest BCUT2D eigenvalue weighted by Crippen LogP contribution is -1.87. The van der Waals surface area contributed by atoms with E-state index in [-0.39, 0.29) is 5.13 Å². The third-order valence-electron chi connectivity index (χ3n) is 4.95. The van der Waals surface area contributed by atoms with Gasteiger partial charge in [0.15, 0.2) is 5.13 Å². The summed E-state index contributed by atoms with van der Waals surface area (Å²) in [5.74, 6) is 0. The summed E-state index contributed by atoms with van der Waals surface area (Å²) in [5.41, 5.74) is 7.49. The number of nitrogens with one attached hydrogen (secondary N) is 2. The number of pyridine rings is 1. The molecule has 166 valence electrons. The predicted octanol–water partition coefficient (Wildman–Crippen LogP) is 6.56. The maximum Gasteiger partial charge on any atom is 0.176 e. The molecule has 0 spiro atoms. The Hall–Kier alpha value is -3.91. The van der Waals surface area contributed by atoms with Crippen LogP contribution >= 0.6 is 11.3 Å². The number of hydrogen-bond donors (Lipinski definition) is 2. The number of fused-ring (bicyclic) bond motifs is 1. The number of hydrogen-bond acceptors (Lipinski definition) is 5. The first-order valence-corrected chi connectivity index (χ1v) is 11.3. The number of nitrogens with zero attached hydrogens (tertiary/aromatic N) is 4. The lowest BCUT2D eigenvalue weighted by Gasteiger charge is -2.03. The second-order valence-corrected chi connectivity index (χ2v) is 7.97. The highest BCUT2D eigenvalue weighted by Gasteiger charge is 2.18. The fraction of sp³-hybridized carbons (Fsp3) is 0.120.